The molecule has 7 heteroatoms. The van der Waals surface area contributed by atoms with Crippen LogP contribution in [0, 0.1) is 0 Å². The SMILES string of the molecule is CCCCCCc1ccc(-c2ccc(-c3ccc(-c4ccc(CCCCCC[Si](C)(C)O[Si](C)(C)CCCCC)s4)s3)s2)s1. The minimum absolute atomic E-state index is 1.22. The van der Waals surface area contributed by atoms with Gasteiger partial charge < -0.3 is 4.12 Å². The van der Waals surface area contributed by atoms with Gasteiger partial charge in [-0.2, -0.15) is 0 Å². The van der Waals surface area contributed by atoms with Crippen molar-refractivity contribution in [3.63, 3.8) is 0 Å². The molecule has 1 nitrogen and oxygen atoms in total. The zero-order valence-corrected chi connectivity index (χ0v) is 33.5. The molecule has 0 unspecified atom stereocenters. The normalized spacial score (nSPS) is 12.4. The van der Waals surface area contributed by atoms with Crippen LogP contribution >= 0.6 is 45.3 Å². The Morgan fingerprint density at radius 2 is 0.773 bits per heavy atom. The number of aryl methyl sites for hydroxylation is 2. The van der Waals surface area contributed by atoms with Crippen molar-refractivity contribution in [3.8, 4) is 29.3 Å². The summed E-state index contributed by atoms with van der Waals surface area (Å²) in [6.45, 7) is 14.4. The first-order valence-electron chi connectivity index (χ1n) is 17.3. The lowest BCUT2D eigenvalue weighted by Crippen LogP contribution is -2.44. The van der Waals surface area contributed by atoms with Gasteiger partial charge in [-0.05, 0) is 112 Å². The van der Waals surface area contributed by atoms with Crippen LogP contribution in [-0.4, -0.2) is 16.6 Å². The highest BCUT2D eigenvalue weighted by Crippen LogP contribution is 2.43. The summed E-state index contributed by atoms with van der Waals surface area (Å²) >= 11 is 7.88. The summed E-state index contributed by atoms with van der Waals surface area (Å²) in [4.78, 5) is 11.5. The van der Waals surface area contributed by atoms with Crippen molar-refractivity contribution in [2.75, 3.05) is 0 Å². The Kier molecular flexibility index (Phi) is 14.7. The zero-order chi connectivity index (χ0) is 31.4. The molecule has 0 saturated heterocycles. The Balaban J connectivity index is 1.19. The lowest BCUT2D eigenvalue weighted by molar-refractivity contribution is 0.523. The van der Waals surface area contributed by atoms with Crippen molar-refractivity contribution in [1.82, 2.24) is 0 Å². The van der Waals surface area contributed by atoms with Crippen LogP contribution in [0.5, 0.6) is 0 Å². The highest BCUT2D eigenvalue weighted by molar-refractivity contribution is 7.28. The van der Waals surface area contributed by atoms with E-state index in [-0.39, 0.29) is 0 Å². The predicted octanol–water partition coefficient (Wildman–Crippen LogP) is 14.8. The van der Waals surface area contributed by atoms with Gasteiger partial charge in [0.15, 0.2) is 16.6 Å². The highest BCUT2D eigenvalue weighted by atomic mass is 32.1. The van der Waals surface area contributed by atoms with E-state index in [1.807, 2.05) is 45.3 Å². The first-order valence-corrected chi connectivity index (χ1v) is 26.8. The van der Waals surface area contributed by atoms with Crippen molar-refractivity contribution in [3.05, 3.63) is 58.3 Å². The molecule has 0 bridgehead atoms. The van der Waals surface area contributed by atoms with Gasteiger partial charge >= 0.3 is 0 Å². The van der Waals surface area contributed by atoms with Gasteiger partial charge in [-0.3, -0.25) is 0 Å². The molecule has 0 aromatic carbocycles. The summed E-state index contributed by atoms with van der Waals surface area (Å²) in [5, 5.41) is 0. The molecule has 4 aromatic heterocycles. The Hall–Kier alpha value is -0.806. The van der Waals surface area contributed by atoms with Crippen LogP contribution in [0.2, 0.25) is 38.3 Å². The maximum absolute atomic E-state index is 6.84. The van der Waals surface area contributed by atoms with Crippen molar-refractivity contribution in [1.29, 1.82) is 0 Å². The fourth-order valence-electron chi connectivity index (χ4n) is 6.08. The maximum atomic E-state index is 6.84. The molecule has 0 atom stereocenters. The van der Waals surface area contributed by atoms with E-state index in [2.05, 4.69) is 88.6 Å². The van der Waals surface area contributed by atoms with Crippen molar-refractivity contribution >= 4 is 62.0 Å². The van der Waals surface area contributed by atoms with Crippen molar-refractivity contribution < 1.29 is 4.12 Å². The van der Waals surface area contributed by atoms with Gasteiger partial charge in [0, 0.05) is 39.0 Å². The third-order valence-corrected chi connectivity index (χ3v) is 21.0. The summed E-state index contributed by atoms with van der Waals surface area (Å²) in [5.74, 6) is 0. The molecule has 44 heavy (non-hydrogen) atoms. The van der Waals surface area contributed by atoms with E-state index in [1.165, 1.54) is 135 Å². The number of thiophene rings is 4. The highest BCUT2D eigenvalue weighted by Gasteiger charge is 2.32. The van der Waals surface area contributed by atoms with Crippen LogP contribution in [0.3, 0.4) is 0 Å². The van der Waals surface area contributed by atoms with E-state index in [0.29, 0.717) is 0 Å². The number of hydrogen-bond acceptors (Lipinski definition) is 5. The smallest absolute Gasteiger partial charge is 0.173 e. The van der Waals surface area contributed by atoms with Gasteiger partial charge in [-0.25, -0.2) is 0 Å². The van der Waals surface area contributed by atoms with E-state index in [9.17, 15) is 0 Å². The maximum Gasteiger partial charge on any atom is 0.173 e. The molecule has 0 saturated carbocycles. The molecule has 242 valence electrons. The summed E-state index contributed by atoms with van der Waals surface area (Å²) in [5.41, 5.74) is 0. The molecule has 0 aliphatic carbocycles. The quantitative estimate of drug-likeness (QED) is 0.0621. The van der Waals surface area contributed by atoms with E-state index < -0.39 is 16.6 Å². The molecule has 4 rings (SSSR count). The minimum Gasteiger partial charge on any atom is -0.455 e. The van der Waals surface area contributed by atoms with Gasteiger partial charge in [-0.15, -0.1) is 45.3 Å². The monoisotopic (exact) mass is 700 g/mol. The molecule has 0 aliphatic heterocycles. The average Bonchev–Trinajstić information content (AvgIpc) is 3.79. The van der Waals surface area contributed by atoms with Gasteiger partial charge in [0.1, 0.15) is 0 Å². The van der Waals surface area contributed by atoms with Gasteiger partial charge in [-0.1, -0.05) is 71.6 Å². The van der Waals surface area contributed by atoms with Crippen LogP contribution in [-0.2, 0) is 17.0 Å². The minimum atomic E-state index is -1.54. The number of unbranched alkanes of at least 4 members (excludes halogenated alkanes) is 8. The number of rotatable bonds is 21. The first-order chi connectivity index (χ1) is 21.2. The lowest BCUT2D eigenvalue weighted by atomic mass is 10.1. The van der Waals surface area contributed by atoms with Gasteiger partial charge in [0.25, 0.3) is 0 Å². The predicted molar refractivity (Wildman–Crippen MR) is 209 cm³/mol. The average molecular weight is 701 g/mol. The second-order valence-corrected chi connectivity index (χ2v) is 27.0. The molecule has 0 fully saturated rings. The Morgan fingerprint density at radius 1 is 0.432 bits per heavy atom. The Morgan fingerprint density at radius 3 is 1.23 bits per heavy atom. The lowest BCUT2D eigenvalue weighted by Gasteiger charge is -2.34. The molecule has 0 amide bonds. The van der Waals surface area contributed by atoms with Crippen LogP contribution in [0.4, 0.5) is 0 Å². The molecule has 0 radical (unpaired) electrons. The zero-order valence-electron chi connectivity index (χ0n) is 28.3. The first kappa shape index (κ1) is 36.0. The van der Waals surface area contributed by atoms with E-state index in [4.69, 9.17) is 4.12 Å². The summed E-state index contributed by atoms with van der Waals surface area (Å²) in [7, 11) is -3.03. The summed E-state index contributed by atoms with van der Waals surface area (Å²) in [6, 6.07) is 21.3. The van der Waals surface area contributed by atoms with Crippen LogP contribution in [0.1, 0.15) is 94.2 Å². The molecular formula is C37H56OS4Si2. The van der Waals surface area contributed by atoms with E-state index in [1.54, 1.807) is 0 Å². The third-order valence-electron chi connectivity index (χ3n) is 8.43. The van der Waals surface area contributed by atoms with Gasteiger partial charge in [0.2, 0.25) is 0 Å². The van der Waals surface area contributed by atoms with Crippen LogP contribution in [0.15, 0.2) is 48.5 Å². The van der Waals surface area contributed by atoms with E-state index in [0.717, 1.165) is 0 Å². The molecule has 4 heterocycles. The summed E-state index contributed by atoms with van der Waals surface area (Å²) < 4.78 is 6.84. The summed E-state index contributed by atoms with van der Waals surface area (Å²) in [6.07, 6.45) is 17.1. The van der Waals surface area contributed by atoms with Crippen LogP contribution in [0.25, 0.3) is 29.3 Å². The molecule has 4 aromatic rings. The van der Waals surface area contributed by atoms with Crippen molar-refractivity contribution in [2.24, 2.45) is 0 Å². The van der Waals surface area contributed by atoms with Crippen molar-refractivity contribution in [2.45, 2.75) is 136 Å². The van der Waals surface area contributed by atoms with Crippen LogP contribution < -0.4 is 0 Å². The molecular weight excluding hydrogens is 645 g/mol. The Labute approximate surface area is 287 Å². The Bertz CT molecular complexity index is 1380. The van der Waals surface area contributed by atoms with Gasteiger partial charge in [0.05, 0.1) is 0 Å². The fraction of sp³-hybridized carbons (Fsp3) is 0.568. The second kappa shape index (κ2) is 17.9. The third kappa shape index (κ3) is 11.8. The second-order valence-electron chi connectivity index (χ2n) is 13.7. The molecule has 0 spiro atoms. The topological polar surface area (TPSA) is 9.23 Å². The largest absolute Gasteiger partial charge is 0.455 e. The van der Waals surface area contributed by atoms with E-state index >= 15 is 0 Å². The molecule has 0 N–H and O–H groups in total. The number of hydrogen-bond donors (Lipinski definition) is 0. The fourth-order valence-corrected chi connectivity index (χ4v) is 19.5. The molecule has 0 aliphatic rings. The standard InChI is InChI=1S/C37H56OS4Si2/c1-7-9-11-14-18-30-20-22-32(39-30)34-24-26-36(41-34)37-27-25-35(42-37)33-23-21-31(40-33)19-15-12-13-17-29-44(5,6)38-43(3,4)28-16-10-8-2/h20-27H,7-19,28-29H2,1-6H3.